The van der Waals surface area contributed by atoms with Gasteiger partial charge in [0.15, 0.2) is 5.79 Å². The lowest BCUT2D eigenvalue weighted by atomic mass is 10.0. The van der Waals surface area contributed by atoms with Gasteiger partial charge < -0.3 is 19.8 Å². The Kier molecular flexibility index (Phi) is 6.91. The number of nitrogen functional groups attached to an aromatic ring is 1. The van der Waals surface area contributed by atoms with Crippen molar-refractivity contribution in [1.29, 1.82) is 0 Å². The third-order valence-corrected chi connectivity index (χ3v) is 6.73. The molecule has 0 amide bonds. The van der Waals surface area contributed by atoms with Crippen LogP contribution in [0.1, 0.15) is 12.0 Å². The number of aromatic nitrogens is 2. The lowest BCUT2D eigenvalue weighted by Crippen LogP contribution is -2.37. The molecule has 8 heteroatoms. The van der Waals surface area contributed by atoms with Gasteiger partial charge in [0.05, 0.1) is 25.6 Å². The summed E-state index contributed by atoms with van der Waals surface area (Å²) in [6.07, 6.45) is 6.85. The number of rotatable bonds is 8. The molecule has 158 valence electrons. The molecule has 1 aliphatic heterocycles. The predicted molar refractivity (Wildman–Crippen MR) is 122 cm³/mol. The number of benzene rings is 2. The van der Waals surface area contributed by atoms with Crippen molar-refractivity contribution in [2.45, 2.75) is 36.2 Å². The molecule has 3 aromatic rings. The van der Waals surface area contributed by atoms with Gasteiger partial charge in [-0.25, -0.2) is 4.98 Å². The third-order valence-electron chi connectivity index (χ3n) is 5.00. The van der Waals surface area contributed by atoms with Gasteiger partial charge in [-0.05, 0) is 48.4 Å². The van der Waals surface area contributed by atoms with Crippen LogP contribution in [0.5, 0.6) is 0 Å². The van der Waals surface area contributed by atoms with Gasteiger partial charge in [0.1, 0.15) is 0 Å². The van der Waals surface area contributed by atoms with Crippen molar-refractivity contribution in [3.63, 3.8) is 0 Å². The summed E-state index contributed by atoms with van der Waals surface area (Å²) in [5.74, 6) is 0.0767. The van der Waals surface area contributed by atoms with Crippen LogP contribution in [0.4, 0.5) is 5.69 Å². The zero-order valence-corrected chi connectivity index (χ0v) is 18.7. The zero-order valence-electron chi connectivity index (χ0n) is 16.3. The van der Waals surface area contributed by atoms with Crippen LogP contribution in [0.3, 0.4) is 0 Å². The van der Waals surface area contributed by atoms with E-state index in [1.165, 1.54) is 0 Å². The molecule has 0 spiro atoms. The summed E-state index contributed by atoms with van der Waals surface area (Å²) < 4.78 is 14.7. The fraction of sp³-hybridized carbons (Fsp3) is 0.318. The van der Waals surface area contributed by atoms with Gasteiger partial charge in [-0.15, -0.1) is 11.8 Å². The van der Waals surface area contributed by atoms with E-state index >= 15 is 0 Å². The summed E-state index contributed by atoms with van der Waals surface area (Å²) in [5, 5.41) is 1.29. The van der Waals surface area contributed by atoms with Gasteiger partial charge in [-0.1, -0.05) is 29.3 Å². The first-order valence-electron chi connectivity index (χ1n) is 9.71. The van der Waals surface area contributed by atoms with Gasteiger partial charge in [0.2, 0.25) is 0 Å². The molecule has 0 bridgehead atoms. The quantitative estimate of drug-likeness (QED) is 0.362. The summed E-state index contributed by atoms with van der Waals surface area (Å²) in [6.45, 7) is 1.12. The van der Waals surface area contributed by atoms with E-state index in [4.69, 9.17) is 38.4 Å². The molecule has 2 atom stereocenters. The molecule has 0 aliphatic carbocycles. The highest BCUT2D eigenvalue weighted by Gasteiger charge is 2.41. The second kappa shape index (κ2) is 9.62. The highest BCUT2D eigenvalue weighted by Crippen LogP contribution is 2.34. The molecule has 1 aromatic heterocycles. The van der Waals surface area contributed by atoms with Crippen LogP contribution in [0.25, 0.3) is 0 Å². The molecule has 1 saturated heterocycles. The molecule has 1 aliphatic rings. The first kappa shape index (κ1) is 21.5. The van der Waals surface area contributed by atoms with E-state index in [1.54, 1.807) is 30.4 Å². The Hall–Kier alpha value is -1.70. The second-order valence-corrected chi connectivity index (χ2v) is 9.25. The van der Waals surface area contributed by atoms with Gasteiger partial charge in [-0.2, -0.15) is 0 Å². The number of hydrogen-bond donors (Lipinski definition) is 1. The van der Waals surface area contributed by atoms with E-state index in [0.717, 1.165) is 28.3 Å². The predicted octanol–water partition coefficient (Wildman–Crippen LogP) is 5.31. The number of aryl methyl sites for hydroxylation is 1. The van der Waals surface area contributed by atoms with Gasteiger partial charge in [-0.3, -0.25) is 0 Å². The first-order valence-corrected chi connectivity index (χ1v) is 11.5. The highest BCUT2D eigenvalue weighted by molar-refractivity contribution is 7.99. The average Bonchev–Trinajstić information content (AvgIpc) is 3.38. The molecular formula is C22H23Cl2N3O2S. The van der Waals surface area contributed by atoms with E-state index in [1.807, 2.05) is 47.2 Å². The number of nitrogens with zero attached hydrogens (tertiary/aromatic N) is 2. The van der Waals surface area contributed by atoms with Crippen molar-refractivity contribution < 1.29 is 9.47 Å². The summed E-state index contributed by atoms with van der Waals surface area (Å²) in [4.78, 5) is 5.30. The maximum absolute atomic E-state index is 6.47. The number of ether oxygens (including phenoxy) is 2. The van der Waals surface area contributed by atoms with Crippen molar-refractivity contribution in [1.82, 2.24) is 9.55 Å². The Morgan fingerprint density at radius 1 is 1.20 bits per heavy atom. The Balaban J connectivity index is 1.42. The molecule has 1 fully saturated rings. The van der Waals surface area contributed by atoms with Gasteiger partial charge >= 0.3 is 0 Å². The number of anilines is 1. The molecule has 4 rings (SSSR count). The molecule has 0 radical (unpaired) electrons. The minimum Gasteiger partial charge on any atom is -0.399 e. The second-order valence-electron chi connectivity index (χ2n) is 7.31. The number of imidazole rings is 1. The van der Waals surface area contributed by atoms with Crippen LogP contribution in [0, 0.1) is 0 Å². The van der Waals surface area contributed by atoms with Crippen LogP contribution >= 0.6 is 35.0 Å². The summed E-state index contributed by atoms with van der Waals surface area (Å²) in [7, 11) is 0. The van der Waals surface area contributed by atoms with Crippen LogP contribution in [0.15, 0.2) is 66.1 Å². The average molecular weight is 464 g/mol. The maximum atomic E-state index is 6.47. The monoisotopic (exact) mass is 463 g/mol. The molecule has 0 saturated carbocycles. The van der Waals surface area contributed by atoms with E-state index in [-0.39, 0.29) is 6.10 Å². The van der Waals surface area contributed by atoms with Crippen LogP contribution in [-0.2, 0) is 22.4 Å². The molecule has 2 heterocycles. The van der Waals surface area contributed by atoms with E-state index in [9.17, 15) is 0 Å². The Bertz CT molecular complexity index is 969. The number of hydrogen-bond acceptors (Lipinski definition) is 5. The fourth-order valence-electron chi connectivity index (χ4n) is 3.45. The Morgan fingerprint density at radius 3 is 2.77 bits per heavy atom. The van der Waals surface area contributed by atoms with Crippen molar-refractivity contribution in [2.75, 3.05) is 18.1 Å². The smallest absolute Gasteiger partial charge is 0.187 e. The minimum atomic E-state index is -0.726. The normalized spacial score (nSPS) is 21.2. The lowest BCUT2D eigenvalue weighted by Gasteiger charge is -2.29. The molecule has 2 aromatic carbocycles. The summed E-state index contributed by atoms with van der Waals surface area (Å²) in [5.41, 5.74) is 7.56. The van der Waals surface area contributed by atoms with Crippen LogP contribution in [-0.4, -0.2) is 33.8 Å². The number of nitrogens with two attached hydrogens (primary N) is 1. The number of thioether (sulfide) groups is 1. The van der Waals surface area contributed by atoms with Crippen LogP contribution in [0.2, 0.25) is 10.0 Å². The maximum Gasteiger partial charge on any atom is 0.187 e. The van der Waals surface area contributed by atoms with Crippen molar-refractivity contribution in [2.24, 2.45) is 0 Å². The molecular weight excluding hydrogens is 441 g/mol. The topological polar surface area (TPSA) is 62.3 Å². The van der Waals surface area contributed by atoms with E-state index < -0.39 is 5.79 Å². The SMILES string of the molecule is Nc1ccc(SCC2COC(CCc3ccc(Cl)cc3Cl)(Cn3ccnc3)O2)cc1. The zero-order chi connectivity index (χ0) is 21.0. The van der Waals surface area contributed by atoms with Gasteiger partial charge in [0.25, 0.3) is 0 Å². The molecule has 5 nitrogen and oxygen atoms in total. The lowest BCUT2D eigenvalue weighted by molar-refractivity contribution is -0.180. The third kappa shape index (κ3) is 5.50. The fourth-order valence-corrected chi connectivity index (χ4v) is 4.83. The largest absolute Gasteiger partial charge is 0.399 e. The summed E-state index contributed by atoms with van der Waals surface area (Å²) >= 11 is 14.1. The Morgan fingerprint density at radius 2 is 2.03 bits per heavy atom. The van der Waals surface area contributed by atoms with Crippen molar-refractivity contribution >= 4 is 40.7 Å². The van der Waals surface area contributed by atoms with E-state index in [2.05, 4.69) is 4.98 Å². The highest BCUT2D eigenvalue weighted by atomic mass is 35.5. The van der Waals surface area contributed by atoms with E-state index in [0.29, 0.717) is 29.6 Å². The standard InChI is InChI=1S/C22H23Cl2N3O2S/c23-17-2-1-16(21(24)11-17)7-8-22(14-27-10-9-26-15-27)28-12-19(29-22)13-30-20-5-3-18(25)4-6-20/h1-6,9-11,15,19H,7-8,12-14,25H2. The van der Waals surface area contributed by atoms with Crippen molar-refractivity contribution in [3.8, 4) is 0 Å². The van der Waals surface area contributed by atoms with Crippen LogP contribution < -0.4 is 5.73 Å². The minimum absolute atomic E-state index is 0.00300. The van der Waals surface area contributed by atoms with Gasteiger partial charge in [0, 0.05) is 45.2 Å². The number of halogens is 2. The molecule has 2 unspecified atom stereocenters. The first-order chi connectivity index (χ1) is 14.5. The summed E-state index contributed by atoms with van der Waals surface area (Å²) in [6, 6.07) is 13.4. The van der Waals surface area contributed by atoms with Crippen molar-refractivity contribution in [3.05, 3.63) is 76.8 Å². The molecule has 2 N–H and O–H groups in total. The Labute approximate surface area is 190 Å². The molecule has 30 heavy (non-hydrogen) atoms.